The van der Waals surface area contributed by atoms with Gasteiger partial charge in [0.25, 0.3) is 0 Å². The summed E-state index contributed by atoms with van der Waals surface area (Å²) in [5.74, 6) is 0.989. The van der Waals surface area contributed by atoms with Crippen LogP contribution in [0.15, 0.2) is 24.3 Å². The highest BCUT2D eigenvalue weighted by Crippen LogP contribution is 2.28. The number of hydrogen-bond acceptors (Lipinski definition) is 4. The summed E-state index contributed by atoms with van der Waals surface area (Å²) in [6.07, 6.45) is 0.267. The molecule has 2 heterocycles. The minimum Gasteiger partial charge on any atom is -0.485 e. The van der Waals surface area contributed by atoms with Gasteiger partial charge in [-0.2, -0.15) is 0 Å². The van der Waals surface area contributed by atoms with Gasteiger partial charge in [-0.15, -0.1) is 0 Å². The Hall–Kier alpha value is -1.26. The molecular formula is C14H21N3O. The maximum atomic E-state index is 6.04. The number of ether oxygens (including phenoxy) is 1. The summed E-state index contributed by atoms with van der Waals surface area (Å²) < 4.78 is 6.04. The Labute approximate surface area is 109 Å². The highest BCUT2D eigenvalue weighted by atomic mass is 16.5. The highest BCUT2D eigenvalue weighted by molar-refractivity contribution is 5.57. The van der Waals surface area contributed by atoms with Crippen molar-refractivity contribution in [2.45, 2.75) is 6.10 Å². The van der Waals surface area contributed by atoms with Crippen LogP contribution >= 0.6 is 0 Å². The number of piperazine rings is 1. The third-order valence-corrected chi connectivity index (χ3v) is 3.76. The lowest BCUT2D eigenvalue weighted by Gasteiger charge is -2.36. The molecule has 0 aliphatic carbocycles. The zero-order valence-electron chi connectivity index (χ0n) is 10.9. The zero-order valence-corrected chi connectivity index (χ0v) is 10.9. The van der Waals surface area contributed by atoms with Gasteiger partial charge >= 0.3 is 0 Å². The summed E-state index contributed by atoms with van der Waals surface area (Å²) in [6.45, 7) is 6.56. The van der Waals surface area contributed by atoms with Gasteiger partial charge in [0.1, 0.15) is 11.9 Å². The average molecular weight is 247 g/mol. The van der Waals surface area contributed by atoms with Crippen LogP contribution in [0, 0.1) is 0 Å². The van der Waals surface area contributed by atoms with E-state index in [-0.39, 0.29) is 6.10 Å². The van der Waals surface area contributed by atoms with Crippen LogP contribution in [0.3, 0.4) is 0 Å². The second-order valence-electron chi connectivity index (χ2n) is 5.22. The molecule has 2 aliphatic heterocycles. The SMILES string of the molecule is CN1CCN(CC2CNc3ccccc3O2)CC1. The van der Waals surface area contributed by atoms with Gasteiger partial charge in [0.15, 0.2) is 0 Å². The molecule has 18 heavy (non-hydrogen) atoms. The maximum Gasteiger partial charge on any atom is 0.142 e. The number of fused-ring (bicyclic) bond motifs is 1. The van der Waals surface area contributed by atoms with E-state index in [1.165, 1.54) is 0 Å². The van der Waals surface area contributed by atoms with Gasteiger partial charge in [-0.25, -0.2) is 0 Å². The largest absolute Gasteiger partial charge is 0.485 e. The Kier molecular flexibility index (Phi) is 3.39. The van der Waals surface area contributed by atoms with Crippen LogP contribution in [0.4, 0.5) is 5.69 Å². The minimum absolute atomic E-state index is 0.267. The number of rotatable bonds is 2. The van der Waals surface area contributed by atoms with Crippen LogP contribution in [0.2, 0.25) is 0 Å². The van der Waals surface area contributed by atoms with Crippen molar-refractivity contribution in [3.05, 3.63) is 24.3 Å². The molecule has 98 valence electrons. The first-order valence-corrected chi connectivity index (χ1v) is 6.72. The first kappa shape index (κ1) is 11.8. The molecular weight excluding hydrogens is 226 g/mol. The molecule has 0 saturated carbocycles. The number of para-hydroxylation sites is 2. The molecule has 1 fully saturated rings. The van der Waals surface area contributed by atoms with E-state index in [1.807, 2.05) is 18.2 Å². The predicted molar refractivity (Wildman–Crippen MR) is 73.3 cm³/mol. The van der Waals surface area contributed by atoms with Crippen molar-refractivity contribution in [1.29, 1.82) is 0 Å². The summed E-state index contributed by atoms with van der Waals surface area (Å²) in [4.78, 5) is 4.88. The van der Waals surface area contributed by atoms with Gasteiger partial charge in [0.05, 0.1) is 12.2 Å². The van der Waals surface area contributed by atoms with Crippen molar-refractivity contribution in [3.8, 4) is 5.75 Å². The normalized spacial score (nSPS) is 25.1. The summed E-state index contributed by atoms with van der Waals surface area (Å²) >= 11 is 0. The van der Waals surface area contributed by atoms with Crippen LogP contribution < -0.4 is 10.1 Å². The number of nitrogens with one attached hydrogen (secondary N) is 1. The fourth-order valence-electron chi connectivity index (χ4n) is 2.58. The first-order valence-electron chi connectivity index (χ1n) is 6.72. The van der Waals surface area contributed by atoms with Crippen molar-refractivity contribution < 1.29 is 4.74 Å². The Morgan fingerprint density at radius 2 is 2.00 bits per heavy atom. The van der Waals surface area contributed by atoms with Gasteiger partial charge in [0.2, 0.25) is 0 Å². The summed E-state index contributed by atoms with van der Waals surface area (Å²) in [5, 5.41) is 3.45. The summed E-state index contributed by atoms with van der Waals surface area (Å²) in [6, 6.07) is 8.18. The van der Waals surface area contributed by atoms with E-state index in [1.54, 1.807) is 0 Å². The van der Waals surface area contributed by atoms with Gasteiger partial charge in [0, 0.05) is 32.7 Å². The third-order valence-electron chi connectivity index (χ3n) is 3.76. The van der Waals surface area contributed by atoms with Crippen LogP contribution in [0.1, 0.15) is 0 Å². The van der Waals surface area contributed by atoms with Crippen molar-refractivity contribution in [2.75, 3.05) is 51.6 Å². The summed E-state index contributed by atoms with van der Waals surface area (Å²) in [7, 11) is 2.19. The van der Waals surface area contributed by atoms with Gasteiger partial charge in [-0.05, 0) is 19.2 Å². The Morgan fingerprint density at radius 1 is 1.22 bits per heavy atom. The lowest BCUT2D eigenvalue weighted by molar-refractivity contribution is 0.0960. The van der Waals surface area contributed by atoms with E-state index in [9.17, 15) is 0 Å². The number of hydrogen-bond donors (Lipinski definition) is 1. The van der Waals surface area contributed by atoms with E-state index in [4.69, 9.17) is 4.74 Å². The molecule has 1 aromatic carbocycles. The van der Waals surface area contributed by atoms with Gasteiger partial charge in [-0.1, -0.05) is 12.1 Å². The predicted octanol–water partition coefficient (Wildman–Crippen LogP) is 1.11. The van der Waals surface area contributed by atoms with Crippen molar-refractivity contribution in [3.63, 3.8) is 0 Å². The molecule has 1 aromatic rings. The van der Waals surface area contributed by atoms with Crippen LogP contribution in [0.5, 0.6) is 5.75 Å². The second-order valence-corrected chi connectivity index (χ2v) is 5.22. The zero-order chi connectivity index (χ0) is 12.4. The maximum absolute atomic E-state index is 6.04. The van der Waals surface area contributed by atoms with Crippen molar-refractivity contribution in [1.82, 2.24) is 9.80 Å². The molecule has 0 bridgehead atoms. The van der Waals surface area contributed by atoms with Crippen LogP contribution in [0.25, 0.3) is 0 Å². The van der Waals surface area contributed by atoms with Crippen LogP contribution in [-0.2, 0) is 0 Å². The molecule has 4 heteroatoms. The number of likely N-dealkylation sites (N-methyl/N-ethyl adjacent to an activating group) is 1. The number of anilines is 1. The third kappa shape index (κ3) is 2.60. The molecule has 0 amide bonds. The quantitative estimate of drug-likeness (QED) is 0.847. The van der Waals surface area contributed by atoms with E-state index < -0.39 is 0 Å². The lowest BCUT2D eigenvalue weighted by atomic mass is 10.2. The second kappa shape index (κ2) is 5.16. The van der Waals surface area contributed by atoms with E-state index >= 15 is 0 Å². The molecule has 4 nitrogen and oxygen atoms in total. The molecule has 1 saturated heterocycles. The van der Waals surface area contributed by atoms with E-state index in [0.717, 1.165) is 50.7 Å². The Bertz CT molecular complexity index is 402. The minimum atomic E-state index is 0.267. The molecule has 1 N–H and O–H groups in total. The Morgan fingerprint density at radius 3 is 2.83 bits per heavy atom. The smallest absolute Gasteiger partial charge is 0.142 e. The lowest BCUT2D eigenvalue weighted by Crippen LogP contribution is -2.49. The first-order chi connectivity index (χ1) is 8.81. The molecule has 1 unspecified atom stereocenters. The average Bonchev–Trinajstić information content (AvgIpc) is 2.41. The molecule has 2 aliphatic rings. The van der Waals surface area contributed by atoms with Crippen molar-refractivity contribution >= 4 is 5.69 Å². The molecule has 3 rings (SSSR count). The molecule has 1 atom stereocenters. The molecule has 0 spiro atoms. The van der Waals surface area contributed by atoms with Gasteiger partial charge < -0.3 is 15.0 Å². The topological polar surface area (TPSA) is 27.7 Å². The van der Waals surface area contributed by atoms with E-state index in [0.29, 0.717) is 0 Å². The standard InChI is InChI=1S/C14H21N3O/c1-16-6-8-17(9-7-16)11-12-10-15-13-4-2-3-5-14(13)18-12/h2-5,12,15H,6-11H2,1H3. The number of nitrogens with zero attached hydrogens (tertiary/aromatic N) is 2. The molecule has 0 aromatic heterocycles. The van der Waals surface area contributed by atoms with Crippen molar-refractivity contribution in [2.24, 2.45) is 0 Å². The molecule has 0 radical (unpaired) electrons. The monoisotopic (exact) mass is 247 g/mol. The number of benzene rings is 1. The van der Waals surface area contributed by atoms with Gasteiger partial charge in [-0.3, -0.25) is 4.90 Å². The Balaban J connectivity index is 1.56. The summed E-state index contributed by atoms with van der Waals surface area (Å²) in [5.41, 5.74) is 1.12. The van der Waals surface area contributed by atoms with Crippen LogP contribution in [-0.4, -0.2) is 62.2 Å². The highest BCUT2D eigenvalue weighted by Gasteiger charge is 2.23. The fraction of sp³-hybridized carbons (Fsp3) is 0.571. The van der Waals surface area contributed by atoms with E-state index in [2.05, 4.69) is 28.2 Å². The fourth-order valence-corrected chi connectivity index (χ4v) is 2.58.